The lowest BCUT2D eigenvalue weighted by molar-refractivity contribution is -0.147. The van der Waals surface area contributed by atoms with Crippen LogP contribution in [0.3, 0.4) is 0 Å². The monoisotopic (exact) mass is 217 g/mol. The Morgan fingerprint density at radius 3 is 2.73 bits per heavy atom. The first-order chi connectivity index (χ1) is 7.04. The van der Waals surface area contributed by atoms with Crippen LogP contribution >= 0.6 is 0 Å². The molecule has 1 aliphatic heterocycles. The van der Waals surface area contributed by atoms with Crippen LogP contribution in [0.4, 0.5) is 0 Å². The summed E-state index contributed by atoms with van der Waals surface area (Å²) in [5, 5.41) is 26.3. The van der Waals surface area contributed by atoms with Crippen LogP contribution < -0.4 is 0 Å². The molecule has 0 aromatic carbocycles. The molecule has 6 nitrogen and oxygen atoms in total. The average Bonchev–Trinajstić information content (AvgIpc) is 2.55. The van der Waals surface area contributed by atoms with Crippen LogP contribution in [-0.2, 0) is 9.59 Å². The van der Waals surface area contributed by atoms with Gasteiger partial charge >= 0.3 is 5.97 Å². The van der Waals surface area contributed by atoms with Crippen LogP contribution in [0.2, 0.25) is 0 Å². The molecule has 1 rings (SSSR count). The molecule has 0 aliphatic carbocycles. The normalized spacial score (nSPS) is 23.2. The van der Waals surface area contributed by atoms with Gasteiger partial charge in [-0.2, -0.15) is 0 Å². The van der Waals surface area contributed by atoms with E-state index in [0.29, 0.717) is 13.0 Å². The molecular formula is C9H15NO5. The molecule has 1 heterocycles. The number of carbonyl (C=O) groups excluding carboxylic acids is 1. The van der Waals surface area contributed by atoms with Crippen molar-refractivity contribution in [1.82, 2.24) is 4.90 Å². The highest BCUT2D eigenvalue weighted by Gasteiger charge is 2.29. The molecule has 3 N–H and O–H groups in total. The summed E-state index contributed by atoms with van der Waals surface area (Å²) >= 11 is 0. The molecular weight excluding hydrogens is 202 g/mol. The molecule has 86 valence electrons. The first-order valence-electron chi connectivity index (χ1n) is 4.84. The van der Waals surface area contributed by atoms with Gasteiger partial charge in [0.2, 0.25) is 5.91 Å². The maximum absolute atomic E-state index is 11.3. The lowest BCUT2D eigenvalue weighted by Gasteiger charge is -2.16. The molecule has 1 amide bonds. The summed E-state index contributed by atoms with van der Waals surface area (Å²) in [5.41, 5.74) is 0. The van der Waals surface area contributed by atoms with E-state index < -0.39 is 12.1 Å². The van der Waals surface area contributed by atoms with E-state index in [1.54, 1.807) is 0 Å². The van der Waals surface area contributed by atoms with Crippen LogP contribution in [0.5, 0.6) is 0 Å². The second-order valence-corrected chi connectivity index (χ2v) is 3.74. The number of amides is 1. The zero-order chi connectivity index (χ0) is 11.4. The van der Waals surface area contributed by atoms with Crippen molar-refractivity contribution >= 4 is 11.9 Å². The van der Waals surface area contributed by atoms with Crippen molar-refractivity contribution in [1.29, 1.82) is 0 Å². The molecule has 0 spiro atoms. The Bertz CT molecular complexity index is 255. The Hall–Kier alpha value is -1.14. The summed E-state index contributed by atoms with van der Waals surface area (Å²) in [6, 6.07) is 0. The van der Waals surface area contributed by atoms with Crippen molar-refractivity contribution in [3.05, 3.63) is 0 Å². The molecule has 0 radical (unpaired) electrons. The second-order valence-electron chi connectivity index (χ2n) is 3.74. The van der Waals surface area contributed by atoms with Gasteiger partial charge in [-0.3, -0.25) is 4.79 Å². The van der Waals surface area contributed by atoms with Crippen LogP contribution in [0.25, 0.3) is 0 Å². The molecule has 1 saturated heterocycles. The summed E-state index contributed by atoms with van der Waals surface area (Å²) in [6.07, 6.45) is -1.09. The minimum absolute atomic E-state index is 0.0270. The standard InChI is InChI=1S/C9H15NO5/c11-5-6-3-8(13)10(4-6)2-1-7(12)9(14)15/h6-7,11-12H,1-5H2,(H,14,15)/t6?,7-/m0/s1. The topological polar surface area (TPSA) is 98.1 Å². The zero-order valence-corrected chi connectivity index (χ0v) is 8.30. The van der Waals surface area contributed by atoms with Gasteiger partial charge in [-0.1, -0.05) is 0 Å². The van der Waals surface area contributed by atoms with Crippen molar-refractivity contribution in [2.75, 3.05) is 19.7 Å². The van der Waals surface area contributed by atoms with Gasteiger partial charge in [0.1, 0.15) is 0 Å². The fraction of sp³-hybridized carbons (Fsp3) is 0.778. The smallest absolute Gasteiger partial charge is 0.332 e. The maximum atomic E-state index is 11.3. The Labute approximate surface area is 87.1 Å². The molecule has 1 aliphatic rings. The minimum atomic E-state index is -1.43. The molecule has 6 heteroatoms. The number of hydrogen-bond donors (Lipinski definition) is 3. The summed E-state index contributed by atoms with van der Waals surface area (Å²) in [5.74, 6) is -1.42. The van der Waals surface area contributed by atoms with Gasteiger partial charge in [0.15, 0.2) is 6.10 Å². The van der Waals surface area contributed by atoms with Crippen LogP contribution in [0, 0.1) is 5.92 Å². The minimum Gasteiger partial charge on any atom is -0.479 e. The van der Waals surface area contributed by atoms with Gasteiger partial charge in [0.25, 0.3) is 0 Å². The van der Waals surface area contributed by atoms with Crippen LogP contribution in [0.1, 0.15) is 12.8 Å². The number of carboxylic acid groups (broad SMARTS) is 1. The van der Waals surface area contributed by atoms with E-state index in [1.807, 2.05) is 0 Å². The fourth-order valence-electron chi connectivity index (χ4n) is 1.59. The van der Waals surface area contributed by atoms with Crippen molar-refractivity contribution < 1.29 is 24.9 Å². The first kappa shape index (κ1) is 11.9. The van der Waals surface area contributed by atoms with Crippen molar-refractivity contribution in [2.24, 2.45) is 5.92 Å². The second kappa shape index (κ2) is 5.09. The number of aliphatic carboxylic acids is 1. The zero-order valence-electron chi connectivity index (χ0n) is 8.30. The van der Waals surface area contributed by atoms with Gasteiger partial charge in [-0.05, 0) is 0 Å². The van der Waals surface area contributed by atoms with E-state index >= 15 is 0 Å². The van der Waals surface area contributed by atoms with Crippen LogP contribution in [0.15, 0.2) is 0 Å². The highest BCUT2D eigenvalue weighted by Crippen LogP contribution is 2.17. The summed E-state index contributed by atoms with van der Waals surface area (Å²) in [7, 11) is 0. The number of likely N-dealkylation sites (tertiary alicyclic amines) is 1. The molecule has 0 aromatic rings. The summed E-state index contributed by atoms with van der Waals surface area (Å²) < 4.78 is 0. The predicted molar refractivity (Wildman–Crippen MR) is 50.0 cm³/mol. The Kier molecular flexibility index (Phi) is 4.05. The Balaban J connectivity index is 2.33. The molecule has 1 unspecified atom stereocenters. The third kappa shape index (κ3) is 3.17. The molecule has 0 saturated carbocycles. The third-order valence-electron chi connectivity index (χ3n) is 2.51. The van der Waals surface area contributed by atoms with Gasteiger partial charge in [0.05, 0.1) is 0 Å². The van der Waals surface area contributed by atoms with Gasteiger partial charge in [-0.25, -0.2) is 4.79 Å². The quantitative estimate of drug-likeness (QED) is 0.529. The number of aliphatic hydroxyl groups is 2. The van der Waals surface area contributed by atoms with E-state index in [2.05, 4.69) is 0 Å². The Morgan fingerprint density at radius 2 is 2.27 bits per heavy atom. The molecule has 1 fully saturated rings. The SMILES string of the molecule is O=C(O)[C@@H](O)CCN1CC(CO)CC1=O. The number of rotatable bonds is 5. The van der Waals surface area contributed by atoms with E-state index in [1.165, 1.54) is 4.90 Å². The number of aliphatic hydroxyl groups excluding tert-OH is 2. The summed E-state index contributed by atoms with van der Waals surface area (Å²) in [4.78, 5) is 23.1. The molecule has 15 heavy (non-hydrogen) atoms. The lowest BCUT2D eigenvalue weighted by Crippen LogP contribution is -2.31. The van der Waals surface area contributed by atoms with Gasteiger partial charge in [-0.15, -0.1) is 0 Å². The van der Waals surface area contributed by atoms with Gasteiger partial charge in [0, 0.05) is 38.5 Å². The van der Waals surface area contributed by atoms with Gasteiger partial charge < -0.3 is 20.2 Å². The number of carboxylic acids is 1. The number of carbonyl (C=O) groups is 2. The predicted octanol–water partition coefficient (Wildman–Crippen LogP) is -1.34. The van der Waals surface area contributed by atoms with E-state index in [4.69, 9.17) is 15.3 Å². The van der Waals surface area contributed by atoms with E-state index in [-0.39, 0.29) is 31.4 Å². The van der Waals surface area contributed by atoms with Crippen LogP contribution in [-0.4, -0.2) is 57.9 Å². The third-order valence-corrected chi connectivity index (χ3v) is 2.51. The fourth-order valence-corrected chi connectivity index (χ4v) is 1.59. The largest absolute Gasteiger partial charge is 0.479 e. The Morgan fingerprint density at radius 1 is 1.60 bits per heavy atom. The lowest BCUT2D eigenvalue weighted by atomic mass is 10.1. The molecule has 0 aromatic heterocycles. The molecule has 0 bridgehead atoms. The molecule has 2 atom stereocenters. The van der Waals surface area contributed by atoms with E-state index in [9.17, 15) is 9.59 Å². The maximum Gasteiger partial charge on any atom is 0.332 e. The van der Waals surface area contributed by atoms with Crippen molar-refractivity contribution in [3.8, 4) is 0 Å². The highest BCUT2D eigenvalue weighted by atomic mass is 16.4. The average molecular weight is 217 g/mol. The summed E-state index contributed by atoms with van der Waals surface area (Å²) in [6.45, 7) is 0.633. The van der Waals surface area contributed by atoms with Crippen molar-refractivity contribution in [2.45, 2.75) is 18.9 Å². The first-order valence-corrected chi connectivity index (χ1v) is 4.84. The van der Waals surface area contributed by atoms with Crippen molar-refractivity contribution in [3.63, 3.8) is 0 Å². The highest BCUT2D eigenvalue weighted by molar-refractivity contribution is 5.78. The number of hydrogen-bond acceptors (Lipinski definition) is 4. The van der Waals surface area contributed by atoms with E-state index in [0.717, 1.165) is 0 Å². The number of nitrogens with zero attached hydrogens (tertiary/aromatic N) is 1.